The molecule has 0 aromatic heterocycles. The van der Waals surface area contributed by atoms with E-state index in [4.69, 9.17) is 11.0 Å². The summed E-state index contributed by atoms with van der Waals surface area (Å²) in [6.45, 7) is 0. The summed E-state index contributed by atoms with van der Waals surface area (Å²) in [4.78, 5) is 0. The summed E-state index contributed by atoms with van der Waals surface area (Å²) < 4.78 is 0. The molecule has 3 aliphatic rings. The molecule has 0 aromatic rings. The molecule has 0 aliphatic heterocycles. The van der Waals surface area contributed by atoms with E-state index in [1.165, 1.54) is 6.42 Å². The van der Waals surface area contributed by atoms with Gasteiger partial charge in [-0.15, -0.1) is 0 Å². The smallest absolute Gasteiger partial charge is 0.0627 e. The maximum Gasteiger partial charge on any atom is 0.0627 e. The number of nitriles is 1. The molecule has 0 atom stereocenters. The van der Waals surface area contributed by atoms with E-state index in [2.05, 4.69) is 6.07 Å². The lowest BCUT2D eigenvalue weighted by Gasteiger charge is -2.43. The zero-order valence-electron chi connectivity index (χ0n) is 6.06. The van der Waals surface area contributed by atoms with Gasteiger partial charge in [-0.2, -0.15) is 5.26 Å². The lowest BCUT2D eigenvalue weighted by Crippen LogP contribution is -2.49. The topological polar surface area (TPSA) is 49.8 Å². The Morgan fingerprint density at radius 1 is 1.40 bits per heavy atom. The average molecular weight is 136 g/mol. The monoisotopic (exact) mass is 136 g/mol. The number of nitrogens with zero attached hydrogens (tertiary/aromatic N) is 1. The standard InChI is InChI=1S/C8H12N2/c9-4-3-7-1-2-8(10,5-7)6-7/h1-3,5-6,10H2. The zero-order valence-corrected chi connectivity index (χ0v) is 6.06. The highest BCUT2D eigenvalue weighted by Gasteiger charge is 2.58. The Bertz CT molecular complexity index is 196. The van der Waals surface area contributed by atoms with Crippen molar-refractivity contribution in [2.45, 2.75) is 37.6 Å². The largest absolute Gasteiger partial charge is 0.325 e. The number of hydrogen-bond donors (Lipinski definition) is 1. The quantitative estimate of drug-likeness (QED) is 0.588. The van der Waals surface area contributed by atoms with Gasteiger partial charge in [0.05, 0.1) is 6.07 Å². The molecule has 3 saturated carbocycles. The van der Waals surface area contributed by atoms with Crippen molar-refractivity contribution >= 4 is 0 Å². The van der Waals surface area contributed by atoms with E-state index in [0.717, 1.165) is 25.7 Å². The van der Waals surface area contributed by atoms with Gasteiger partial charge in [0.25, 0.3) is 0 Å². The van der Waals surface area contributed by atoms with Crippen molar-refractivity contribution in [3.05, 3.63) is 0 Å². The van der Waals surface area contributed by atoms with Gasteiger partial charge in [-0.05, 0) is 31.1 Å². The van der Waals surface area contributed by atoms with Crippen LogP contribution in [0.1, 0.15) is 32.1 Å². The molecule has 3 fully saturated rings. The number of fused-ring (bicyclic) bond motifs is 1. The fourth-order valence-electron chi connectivity index (χ4n) is 2.69. The second-order valence-electron chi connectivity index (χ2n) is 4.05. The van der Waals surface area contributed by atoms with E-state index in [-0.39, 0.29) is 5.54 Å². The molecule has 0 radical (unpaired) electrons. The minimum Gasteiger partial charge on any atom is -0.325 e. The Hall–Kier alpha value is -0.550. The molecule has 0 unspecified atom stereocenters. The van der Waals surface area contributed by atoms with Gasteiger partial charge in [-0.3, -0.25) is 0 Å². The molecule has 2 nitrogen and oxygen atoms in total. The van der Waals surface area contributed by atoms with E-state index >= 15 is 0 Å². The van der Waals surface area contributed by atoms with Gasteiger partial charge in [-0.25, -0.2) is 0 Å². The molecule has 0 saturated heterocycles. The maximum atomic E-state index is 8.51. The van der Waals surface area contributed by atoms with Crippen LogP contribution in [0.25, 0.3) is 0 Å². The van der Waals surface area contributed by atoms with Crippen molar-refractivity contribution in [1.29, 1.82) is 5.26 Å². The van der Waals surface area contributed by atoms with E-state index in [1.807, 2.05) is 0 Å². The highest BCUT2D eigenvalue weighted by atomic mass is 14.9. The number of rotatable bonds is 1. The second-order valence-corrected chi connectivity index (χ2v) is 4.05. The minimum atomic E-state index is 0.150. The average Bonchev–Trinajstić information content (AvgIpc) is 2.21. The van der Waals surface area contributed by atoms with Gasteiger partial charge < -0.3 is 5.73 Å². The molecule has 10 heavy (non-hydrogen) atoms. The first kappa shape index (κ1) is 6.18. The van der Waals surface area contributed by atoms with Crippen molar-refractivity contribution in [3.63, 3.8) is 0 Å². The van der Waals surface area contributed by atoms with Crippen LogP contribution in [0.2, 0.25) is 0 Å². The van der Waals surface area contributed by atoms with Gasteiger partial charge >= 0.3 is 0 Å². The number of nitrogens with two attached hydrogens (primary N) is 1. The summed E-state index contributed by atoms with van der Waals surface area (Å²) in [5.74, 6) is 0. The van der Waals surface area contributed by atoms with Crippen LogP contribution in [-0.2, 0) is 0 Å². The third-order valence-electron chi connectivity index (χ3n) is 3.06. The molecule has 0 aromatic carbocycles. The predicted octanol–water partition coefficient (Wildman–Crippen LogP) is 1.17. The van der Waals surface area contributed by atoms with Crippen LogP contribution >= 0.6 is 0 Å². The van der Waals surface area contributed by atoms with Crippen molar-refractivity contribution < 1.29 is 0 Å². The summed E-state index contributed by atoms with van der Waals surface area (Å²) in [7, 11) is 0. The van der Waals surface area contributed by atoms with Crippen molar-refractivity contribution in [2.24, 2.45) is 11.1 Å². The van der Waals surface area contributed by atoms with Gasteiger partial charge in [0.2, 0.25) is 0 Å². The maximum absolute atomic E-state index is 8.51. The van der Waals surface area contributed by atoms with Crippen LogP contribution in [-0.4, -0.2) is 5.54 Å². The number of hydrogen-bond acceptors (Lipinski definition) is 2. The molecular weight excluding hydrogens is 124 g/mol. The molecule has 2 heteroatoms. The van der Waals surface area contributed by atoms with Crippen LogP contribution < -0.4 is 5.73 Å². The Labute approximate surface area is 61.0 Å². The molecule has 0 amide bonds. The zero-order chi connectivity index (χ0) is 7.24. The Morgan fingerprint density at radius 3 is 2.50 bits per heavy atom. The molecule has 2 N–H and O–H groups in total. The van der Waals surface area contributed by atoms with Crippen LogP contribution in [0, 0.1) is 16.7 Å². The van der Waals surface area contributed by atoms with Gasteiger partial charge in [0, 0.05) is 12.0 Å². The SMILES string of the molecule is N#CCC12CCC(N)(C1)C2. The molecule has 3 aliphatic carbocycles. The molecule has 3 rings (SSSR count). The molecule has 54 valence electrons. The molecule has 0 heterocycles. The summed E-state index contributed by atoms with van der Waals surface area (Å²) >= 11 is 0. The fraction of sp³-hybridized carbons (Fsp3) is 0.875. The predicted molar refractivity (Wildman–Crippen MR) is 38.0 cm³/mol. The summed E-state index contributed by atoms with van der Waals surface area (Å²) in [5, 5.41) is 8.51. The Balaban J connectivity index is 2.08. The Morgan fingerprint density at radius 2 is 2.10 bits per heavy atom. The van der Waals surface area contributed by atoms with Crippen molar-refractivity contribution in [1.82, 2.24) is 0 Å². The van der Waals surface area contributed by atoms with Gasteiger partial charge in [-0.1, -0.05) is 0 Å². The third kappa shape index (κ3) is 0.615. The van der Waals surface area contributed by atoms with Crippen LogP contribution in [0.5, 0.6) is 0 Å². The highest BCUT2D eigenvalue weighted by molar-refractivity contribution is 5.16. The Kier molecular flexibility index (Phi) is 0.952. The van der Waals surface area contributed by atoms with E-state index in [9.17, 15) is 0 Å². The molecular formula is C8H12N2. The first-order valence-electron chi connectivity index (χ1n) is 3.84. The minimum absolute atomic E-state index is 0.150. The molecule has 2 bridgehead atoms. The van der Waals surface area contributed by atoms with Crippen molar-refractivity contribution in [2.75, 3.05) is 0 Å². The fourth-order valence-corrected chi connectivity index (χ4v) is 2.69. The summed E-state index contributed by atoms with van der Waals surface area (Å²) in [5.41, 5.74) is 6.46. The normalized spacial score (nSPS) is 50.0. The van der Waals surface area contributed by atoms with E-state index in [0.29, 0.717) is 5.41 Å². The van der Waals surface area contributed by atoms with Crippen LogP contribution in [0.4, 0.5) is 0 Å². The first-order valence-corrected chi connectivity index (χ1v) is 3.84. The lowest BCUT2D eigenvalue weighted by atomic mass is 9.64. The van der Waals surface area contributed by atoms with E-state index in [1.54, 1.807) is 0 Å². The van der Waals surface area contributed by atoms with Crippen LogP contribution in [0.15, 0.2) is 0 Å². The summed E-state index contributed by atoms with van der Waals surface area (Å²) in [6.07, 6.45) is 5.28. The highest BCUT2D eigenvalue weighted by Crippen LogP contribution is 2.61. The van der Waals surface area contributed by atoms with Crippen molar-refractivity contribution in [3.8, 4) is 6.07 Å². The van der Waals surface area contributed by atoms with E-state index < -0.39 is 0 Å². The lowest BCUT2D eigenvalue weighted by molar-refractivity contribution is 0.121. The first-order chi connectivity index (χ1) is 4.68. The van der Waals surface area contributed by atoms with Gasteiger partial charge in [0.1, 0.15) is 0 Å². The summed E-state index contributed by atoms with van der Waals surface area (Å²) in [6, 6.07) is 2.25. The molecule has 0 spiro atoms. The third-order valence-corrected chi connectivity index (χ3v) is 3.06. The van der Waals surface area contributed by atoms with Gasteiger partial charge in [0.15, 0.2) is 0 Å². The second kappa shape index (κ2) is 1.54. The van der Waals surface area contributed by atoms with Crippen LogP contribution in [0.3, 0.4) is 0 Å².